The molecule has 0 atom stereocenters. The van der Waals surface area contributed by atoms with Gasteiger partial charge in [0, 0.05) is 31.4 Å². The van der Waals surface area contributed by atoms with Gasteiger partial charge in [0.1, 0.15) is 6.26 Å². The van der Waals surface area contributed by atoms with E-state index in [1.165, 1.54) is 11.2 Å². The van der Waals surface area contributed by atoms with Crippen LogP contribution in [0.3, 0.4) is 0 Å². The number of amides is 1. The highest BCUT2D eigenvalue weighted by molar-refractivity contribution is 5.87. The lowest BCUT2D eigenvalue weighted by molar-refractivity contribution is 0.160. The Bertz CT molecular complexity index is 531. The van der Waals surface area contributed by atoms with Crippen LogP contribution in [-0.2, 0) is 0 Å². The van der Waals surface area contributed by atoms with Crippen LogP contribution in [0.1, 0.15) is 5.69 Å². The number of hydrogen-bond acceptors (Lipinski definition) is 4. The molecule has 0 N–H and O–H groups in total. The Labute approximate surface area is 92.6 Å². The normalized spacial score (nSPS) is 10.4. The van der Waals surface area contributed by atoms with Crippen LogP contribution in [0.25, 0.3) is 10.8 Å². The number of furan rings is 1. The van der Waals surface area contributed by atoms with Crippen molar-refractivity contribution >= 4 is 16.9 Å². The molecule has 2 rings (SSSR count). The fourth-order valence-corrected chi connectivity index (χ4v) is 1.27. The zero-order chi connectivity index (χ0) is 11.7. The van der Waals surface area contributed by atoms with Crippen molar-refractivity contribution in [2.45, 2.75) is 6.92 Å². The predicted octanol–water partition coefficient (Wildman–Crippen LogP) is 2.20. The second kappa shape index (κ2) is 3.84. The van der Waals surface area contributed by atoms with Crippen LogP contribution in [-0.4, -0.2) is 30.1 Å². The minimum atomic E-state index is -0.467. The first-order valence-electron chi connectivity index (χ1n) is 4.81. The lowest BCUT2D eigenvalue weighted by atomic mass is 10.2. The summed E-state index contributed by atoms with van der Waals surface area (Å²) in [5, 5.41) is 1.56. The third-order valence-corrected chi connectivity index (χ3v) is 2.13. The highest BCUT2D eigenvalue weighted by Gasteiger charge is 2.13. The first kappa shape index (κ1) is 10.5. The van der Waals surface area contributed by atoms with Gasteiger partial charge in [0.2, 0.25) is 0 Å². The van der Waals surface area contributed by atoms with Crippen molar-refractivity contribution < 1.29 is 13.9 Å². The number of aromatic nitrogens is 1. The molecule has 0 spiro atoms. The van der Waals surface area contributed by atoms with Gasteiger partial charge in [0.25, 0.3) is 0 Å². The summed E-state index contributed by atoms with van der Waals surface area (Å²) in [6.45, 7) is 1.87. The summed E-state index contributed by atoms with van der Waals surface area (Å²) < 4.78 is 10.3. The molecule has 0 aliphatic carbocycles. The van der Waals surface area contributed by atoms with E-state index in [0.29, 0.717) is 0 Å². The highest BCUT2D eigenvalue weighted by atomic mass is 16.6. The Balaban J connectivity index is 2.38. The van der Waals surface area contributed by atoms with Gasteiger partial charge in [-0.25, -0.2) is 4.79 Å². The monoisotopic (exact) mass is 220 g/mol. The molecule has 2 aromatic rings. The van der Waals surface area contributed by atoms with Gasteiger partial charge >= 0.3 is 12.0 Å². The standard InChI is InChI=1S/C11H12N2O3/c1-7-4-9-8(5-12-7)6-15-10(9)16-11(14)13(2)3/h4-6H,1-3H3. The van der Waals surface area contributed by atoms with Gasteiger partial charge in [-0.05, 0) is 13.0 Å². The maximum atomic E-state index is 11.4. The van der Waals surface area contributed by atoms with Gasteiger partial charge in [0.15, 0.2) is 0 Å². The lowest BCUT2D eigenvalue weighted by Gasteiger charge is -2.08. The van der Waals surface area contributed by atoms with Crippen molar-refractivity contribution in [3.8, 4) is 5.95 Å². The SMILES string of the molecule is Cc1cc2c(OC(=O)N(C)C)occ2cn1. The van der Waals surface area contributed by atoms with Gasteiger partial charge in [-0.2, -0.15) is 0 Å². The molecular weight excluding hydrogens is 208 g/mol. The number of rotatable bonds is 1. The fraction of sp³-hybridized carbons (Fsp3) is 0.273. The lowest BCUT2D eigenvalue weighted by Crippen LogP contribution is -2.25. The second-order valence-corrected chi connectivity index (χ2v) is 3.70. The molecule has 0 aliphatic heterocycles. The molecule has 5 nitrogen and oxygen atoms in total. The summed E-state index contributed by atoms with van der Waals surface area (Å²) in [6, 6.07) is 1.82. The van der Waals surface area contributed by atoms with Gasteiger partial charge in [-0.3, -0.25) is 4.98 Å². The zero-order valence-corrected chi connectivity index (χ0v) is 9.35. The molecule has 0 radical (unpaired) electrons. The molecule has 0 unspecified atom stereocenters. The maximum absolute atomic E-state index is 11.4. The molecule has 5 heteroatoms. The van der Waals surface area contributed by atoms with Crippen molar-refractivity contribution in [1.29, 1.82) is 0 Å². The van der Waals surface area contributed by atoms with E-state index in [2.05, 4.69) is 4.98 Å². The van der Waals surface area contributed by atoms with Gasteiger partial charge in [0.05, 0.1) is 5.39 Å². The Morgan fingerprint density at radius 3 is 2.94 bits per heavy atom. The predicted molar refractivity (Wildman–Crippen MR) is 58.5 cm³/mol. The summed E-state index contributed by atoms with van der Waals surface area (Å²) >= 11 is 0. The Morgan fingerprint density at radius 1 is 1.50 bits per heavy atom. The second-order valence-electron chi connectivity index (χ2n) is 3.70. The number of aryl methyl sites for hydroxylation is 1. The summed E-state index contributed by atoms with van der Waals surface area (Å²) in [6.07, 6.45) is 2.73. The highest BCUT2D eigenvalue weighted by Crippen LogP contribution is 2.28. The van der Waals surface area contributed by atoms with Crippen LogP contribution >= 0.6 is 0 Å². The van der Waals surface area contributed by atoms with E-state index in [9.17, 15) is 4.79 Å². The number of ether oxygens (including phenoxy) is 1. The smallest absolute Gasteiger partial charge is 0.417 e. The number of carbonyl (C=O) groups is 1. The molecule has 2 heterocycles. The number of fused-ring (bicyclic) bond motifs is 1. The number of pyridine rings is 1. The topological polar surface area (TPSA) is 55.6 Å². The van der Waals surface area contributed by atoms with Crippen LogP contribution in [0, 0.1) is 6.92 Å². The largest absolute Gasteiger partial charge is 0.433 e. The third-order valence-electron chi connectivity index (χ3n) is 2.13. The average molecular weight is 220 g/mol. The van der Waals surface area contributed by atoms with E-state index in [1.54, 1.807) is 20.3 Å². The Hall–Kier alpha value is -2.04. The fourth-order valence-electron chi connectivity index (χ4n) is 1.27. The first-order valence-corrected chi connectivity index (χ1v) is 4.81. The molecule has 84 valence electrons. The molecule has 16 heavy (non-hydrogen) atoms. The third kappa shape index (κ3) is 1.84. The first-order chi connectivity index (χ1) is 7.58. The molecule has 0 saturated carbocycles. The van der Waals surface area contributed by atoms with Gasteiger partial charge < -0.3 is 14.1 Å². The number of carbonyl (C=O) groups excluding carboxylic acids is 1. The molecule has 0 aromatic carbocycles. The molecule has 0 bridgehead atoms. The molecule has 2 aromatic heterocycles. The Kier molecular flexibility index (Phi) is 2.52. The van der Waals surface area contributed by atoms with Crippen LogP contribution in [0.5, 0.6) is 5.95 Å². The molecule has 0 aliphatic rings. The van der Waals surface area contributed by atoms with Crippen molar-refractivity contribution in [3.63, 3.8) is 0 Å². The minimum absolute atomic E-state index is 0.208. The van der Waals surface area contributed by atoms with E-state index in [-0.39, 0.29) is 5.95 Å². The van der Waals surface area contributed by atoms with Crippen LogP contribution in [0.15, 0.2) is 22.9 Å². The van der Waals surface area contributed by atoms with Crippen molar-refractivity contribution in [3.05, 3.63) is 24.2 Å². The maximum Gasteiger partial charge on any atom is 0.417 e. The van der Waals surface area contributed by atoms with Gasteiger partial charge in [-0.15, -0.1) is 0 Å². The quantitative estimate of drug-likeness (QED) is 0.739. The summed E-state index contributed by atoms with van der Waals surface area (Å²) in [4.78, 5) is 16.8. The summed E-state index contributed by atoms with van der Waals surface area (Å²) in [7, 11) is 3.22. The van der Waals surface area contributed by atoms with Crippen LogP contribution < -0.4 is 4.74 Å². The van der Waals surface area contributed by atoms with E-state index in [0.717, 1.165) is 16.5 Å². The van der Waals surface area contributed by atoms with E-state index >= 15 is 0 Å². The minimum Gasteiger partial charge on any atom is -0.433 e. The van der Waals surface area contributed by atoms with Crippen LogP contribution in [0.4, 0.5) is 4.79 Å². The molecule has 0 fully saturated rings. The molecule has 1 amide bonds. The number of nitrogens with zero attached hydrogens (tertiary/aromatic N) is 2. The van der Waals surface area contributed by atoms with Crippen molar-refractivity contribution in [1.82, 2.24) is 9.88 Å². The summed E-state index contributed by atoms with van der Waals surface area (Å²) in [5.41, 5.74) is 0.844. The molecular formula is C11H12N2O3. The number of hydrogen-bond donors (Lipinski definition) is 0. The van der Waals surface area contributed by atoms with E-state index in [4.69, 9.17) is 9.15 Å². The van der Waals surface area contributed by atoms with Gasteiger partial charge in [-0.1, -0.05) is 0 Å². The molecule has 0 saturated heterocycles. The van der Waals surface area contributed by atoms with Crippen LogP contribution in [0.2, 0.25) is 0 Å². The summed E-state index contributed by atoms with van der Waals surface area (Å²) in [5.74, 6) is 0.208. The zero-order valence-electron chi connectivity index (χ0n) is 9.35. The van der Waals surface area contributed by atoms with E-state index in [1.807, 2.05) is 13.0 Å². The average Bonchev–Trinajstić information content (AvgIpc) is 2.61. The van der Waals surface area contributed by atoms with Crippen molar-refractivity contribution in [2.24, 2.45) is 0 Å². The van der Waals surface area contributed by atoms with Crippen molar-refractivity contribution in [2.75, 3.05) is 14.1 Å². The Morgan fingerprint density at radius 2 is 2.25 bits per heavy atom. The van der Waals surface area contributed by atoms with E-state index < -0.39 is 6.09 Å².